The lowest BCUT2D eigenvalue weighted by Crippen LogP contribution is -2.45. The van der Waals surface area contributed by atoms with Crippen LogP contribution in [0.4, 0.5) is 0 Å². The first kappa shape index (κ1) is 14.8. The highest BCUT2D eigenvalue weighted by Crippen LogP contribution is 2.10. The molecular weight excluding hydrogens is 234 g/mol. The molecule has 0 radical (unpaired) electrons. The second kappa shape index (κ2) is 8.78. The number of amides is 1. The van der Waals surface area contributed by atoms with E-state index in [4.69, 9.17) is 5.73 Å². The number of likely N-dealkylation sites (tertiary alicyclic amines) is 1. The minimum absolute atomic E-state index is 0.214. The van der Waals surface area contributed by atoms with Gasteiger partial charge in [0.2, 0.25) is 5.91 Å². The molecule has 0 aromatic carbocycles. The molecule has 0 atom stereocenters. The zero-order valence-electron chi connectivity index (χ0n) is 10.8. The molecule has 0 aliphatic carbocycles. The lowest BCUT2D eigenvalue weighted by Gasteiger charge is -2.31. The van der Waals surface area contributed by atoms with Crippen LogP contribution in [0.3, 0.4) is 0 Å². The van der Waals surface area contributed by atoms with E-state index in [9.17, 15) is 4.79 Å². The summed E-state index contributed by atoms with van der Waals surface area (Å²) in [5.41, 5.74) is 5.19. The van der Waals surface area contributed by atoms with E-state index in [1.165, 1.54) is 18.6 Å². The number of primary amides is 1. The Morgan fingerprint density at radius 2 is 2.12 bits per heavy atom. The standard InChI is InChI=1S/C12H25N3OS/c1-17-9-3-2-6-14-11-4-7-15(8-5-11)10-12(13)16/h11,14H,2-10H2,1H3,(H2,13,16). The summed E-state index contributed by atoms with van der Waals surface area (Å²) in [5.74, 6) is 1.05. The number of thioether (sulfide) groups is 1. The average Bonchev–Trinajstić information content (AvgIpc) is 2.30. The van der Waals surface area contributed by atoms with E-state index in [1.54, 1.807) is 0 Å². The highest BCUT2D eigenvalue weighted by atomic mass is 32.2. The summed E-state index contributed by atoms with van der Waals surface area (Å²) < 4.78 is 0. The van der Waals surface area contributed by atoms with Crippen LogP contribution in [0.1, 0.15) is 25.7 Å². The molecule has 100 valence electrons. The maximum Gasteiger partial charge on any atom is 0.231 e. The number of piperidine rings is 1. The molecule has 0 saturated carbocycles. The molecule has 0 aromatic rings. The number of nitrogens with two attached hydrogens (primary N) is 1. The van der Waals surface area contributed by atoms with Crippen molar-refractivity contribution in [2.75, 3.05) is 38.2 Å². The van der Waals surface area contributed by atoms with Gasteiger partial charge in [-0.2, -0.15) is 11.8 Å². The van der Waals surface area contributed by atoms with Crippen molar-refractivity contribution in [3.05, 3.63) is 0 Å². The molecule has 4 nitrogen and oxygen atoms in total. The van der Waals surface area contributed by atoms with Crippen LogP contribution in [0.15, 0.2) is 0 Å². The van der Waals surface area contributed by atoms with Crippen molar-refractivity contribution < 1.29 is 4.79 Å². The molecule has 1 aliphatic heterocycles. The monoisotopic (exact) mass is 259 g/mol. The Kier molecular flexibility index (Phi) is 7.64. The van der Waals surface area contributed by atoms with Crippen LogP contribution in [0.2, 0.25) is 0 Å². The number of rotatable bonds is 8. The largest absolute Gasteiger partial charge is 0.369 e. The fraction of sp³-hybridized carbons (Fsp3) is 0.917. The number of unbranched alkanes of at least 4 members (excludes halogenated alkanes) is 1. The summed E-state index contributed by atoms with van der Waals surface area (Å²) in [7, 11) is 0. The van der Waals surface area contributed by atoms with E-state index in [2.05, 4.69) is 16.5 Å². The number of nitrogens with zero attached hydrogens (tertiary/aromatic N) is 1. The molecule has 17 heavy (non-hydrogen) atoms. The van der Waals surface area contributed by atoms with Crippen molar-refractivity contribution in [3.8, 4) is 0 Å². The predicted molar refractivity (Wildman–Crippen MR) is 74.3 cm³/mol. The van der Waals surface area contributed by atoms with Crippen molar-refractivity contribution >= 4 is 17.7 Å². The number of nitrogens with one attached hydrogen (secondary N) is 1. The average molecular weight is 259 g/mol. The molecule has 1 heterocycles. The first-order valence-corrected chi connectivity index (χ1v) is 7.84. The van der Waals surface area contributed by atoms with Crippen LogP contribution in [-0.4, -0.2) is 55.0 Å². The zero-order chi connectivity index (χ0) is 12.5. The van der Waals surface area contributed by atoms with E-state index >= 15 is 0 Å². The molecule has 3 N–H and O–H groups in total. The Labute approximate surface area is 109 Å². The smallest absolute Gasteiger partial charge is 0.231 e. The zero-order valence-corrected chi connectivity index (χ0v) is 11.6. The third-order valence-electron chi connectivity index (χ3n) is 3.18. The molecular formula is C12H25N3OS. The molecule has 1 saturated heterocycles. The van der Waals surface area contributed by atoms with Gasteiger partial charge >= 0.3 is 0 Å². The van der Waals surface area contributed by atoms with Gasteiger partial charge in [0.05, 0.1) is 6.54 Å². The highest BCUT2D eigenvalue weighted by molar-refractivity contribution is 7.98. The molecule has 0 unspecified atom stereocenters. The number of hydrogen-bond donors (Lipinski definition) is 2. The van der Waals surface area contributed by atoms with E-state index in [0.717, 1.165) is 32.5 Å². The van der Waals surface area contributed by atoms with Crippen LogP contribution in [0.5, 0.6) is 0 Å². The van der Waals surface area contributed by atoms with E-state index in [-0.39, 0.29) is 5.91 Å². The van der Waals surface area contributed by atoms with E-state index in [0.29, 0.717) is 12.6 Å². The first-order valence-electron chi connectivity index (χ1n) is 6.45. The molecule has 1 rings (SSSR count). The Morgan fingerprint density at radius 3 is 2.71 bits per heavy atom. The van der Waals surface area contributed by atoms with Gasteiger partial charge in [-0.15, -0.1) is 0 Å². The molecule has 1 aliphatic rings. The van der Waals surface area contributed by atoms with Crippen LogP contribution < -0.4 is 11.1 Å². The van der Waals surface area contributed by atoms with Crippen molar-refractivity contribution in [2.24, 2.45) is 5.73 Å². The fourth-order valence-corrected chi connectivity index (χ4v) is 2.69. The predicted octanol–water partition coefficient (Wildman–Crippen LogP) is 0.669. The van der Waals surface area contributed by atoms with Gasteiger partial charge in [-0.05, 0) is 44.2 Å². The van der Waals surface area contributed by atoms with Crippen molar-refractivity contribution in [1.29, 1.82) is 0 Å². The summed E-state index contributed by atoms with van der Waals surface area (Å²) in [6.45, 7) is 3.53. The van der Waals surface area contributed by atoms with Gasteiger partial charge in [-0.1, -0.05) is 0 Å². The van der Waals surface area contributed by atoms with Crippen LogP contribution in [0, 0.1) is 0 Å². The Hall–Kier alpha value is -0.260. The first-order chi connectivity index (χ1) is 8.22. The number of carbonyl (C=O) groups excluding carboxylic acids is 1. The lowest BCUT2D eigenvalue weighted by molar-refractivity contribution is -0.119. The molecule has 0 spiro atoms. The fourth-order valence-electron chi connectivity index (χ4n) is 2.19. The number of hydrogen-bond acceptors (Lipinski definition) is 4. The van der Waals surface area contributed by atoms with Crippen molar-refractivity contribution in [3.63, 3.8) is 0 Å². The van der Waals surface area contributed by atoms with Crippen LogP contribution in [-0.2, 0) is 4.79 Å². The van der Waals surface area contributed by atoms with Gasteiger partial charge in [0.15, 0.2) is 0 Å². The Bertz CT molecular complexity index is 218. The molecule has 0 aromatic heterocycles. The Morgan fingerprint density at radius 1 is 1.41 bits per heavy atom. The molecule has 0 bridgehead atoms. The van der Waals surface area contributed by atoms with Gasteiger partial charge in [-0.3, -0.25) is 9.69 Å². The highest BCUT2D eigenvalue weighted by Gasteiger charge is 2.19. The number of carbonyl (C=O) groups is 1. The second-order valence-corrected chi connectivity index (χ2v) is 5.66. The normalized spacial score (nSPS) is 18.4. The van der Waals surface area contributed by atoms with Crippen molar-refractivity contribution in [1.82, 2.24) is 10.2 Å². The minimum atomic E-state index is -0.214. The minimum Gasteiger partial charge on any atom is -0.369 e. The third kappa shape index (κ3) is 6.91. The van der Waals surface area contributed by atoms with Gasteiger partial charge in [0.1, 0.15) is 0 Å². The Balaban J connectivity index is 2.01. The summed E-state index contributed by atoms with van der Waals surface area (Å²) in [6.07, 6.45) is 6.99. The van der Waals surface area contributed by atoms with Crippen LogP contribution >= 0.6 is 11.8 Å². The van der Waals surface area contributed by atoms with Gasteiger partial charge in [-0.25, -0.2) is 0 Å². The van der Waals surface area contributed by atoms with E-state index < -0.39 is 0 Å². The van der Waals surface area contributed by atoms with Gasteiger partial charge < -0.3 is 11.1 Å². The lowest BCUT2D eigenvalue weighted by atomic mass is 10.0. The summed E-state index contributed by atoms with van der Waals surface area (Å²) >= 11 is 1.92. The van der Waals surface area contributed by atoms with Gasteiger partial charge in [0.25, 0.3) is 0 Å². The SMILES string of the molecule is CSCCCCNC1CCN(CC(N)=O)CC1. The van der Waals surface area contributed by atoms with Crippen LogP contribution in [0.25, 0.3) is 0 Å². The second-order valence-electron chi connectivity index (χ2n) is 4.67. The molecule has 5 heteroatoms. The third-order valence-corrected chi connectivity index (χ3v) is 3.87. The quantitative estimate of drug-likeness (QED) is 0.629. The molecule has 1 amide bonds. The maximum absolute atomic E-state index is 10.8. The summed E-state index contributed by atoms with van der Waals surface area (Å²) in [5, 5.41) is 3.60. The van der Waals surface area contributed by atoms with Gasteiger partial charge in [0, 0.05) is 19.1 Å². The summed E-state index contributed by atoms with van der Waals surface area (Å²) in [4.78, 5) is 12.9. The maximum atomic E-state index is 10.8. The van der Waals surface area contributed by atoms with E-state index in [1.807, 2.05) is 11.8 Å². The molecule has 1 fully saturated rings. The topological polar surface area (TPSA) is 58.4 Å². The van der Waals surface area contributed by atoms with Crippen molar-refractivity contribution in [2.45, 2.75) is 31.7 Å². The summed E-state index contributed by atoms with van der Waals surface area (Å²) in [6, 6.07) is 0.633.